The average molecular weight is 261 g/mol. The van der Waals surface area contributed by atoms with Gasteiger partial charge in [0, 0.05) is 18.8 Å². The molecule has 0 bridgehead atoms. The van der Waals surface area contributed by atoms with Crippen molar-refractivity contribution in [2.45, 2.75) is 46.8 Å². The van der Waals surface area contributed by atoms with Gasteiger partial charge in [0.25, 0.3) is 0 Å². The Bertz CT molecular complexity index is 600. The molecule has 2 aromatic heterocycles. The molecule has 0 N–H and O–H groups in total. The van der Waals surface area contributed by atoms with E-state index in [-0.39, 0.29) is 6.04 Å². The maximum Gasteiger partial charge on any atom is 0.243 e. The average Bonchev–Trinajstić information content (AvgIpc) is 2.94. The van der Waals surface area contributed by atoms with Crippen LogP contribution in [0.25, 0.3) is 0 Å². The minimum Gasteiger partial charge on any atom is -0.338 e. The molecule has 0 amide bonds. The van der Waals surface area contributed by atoms with E-state index in [1.54, 1.807) is 0 Å². The standard InChI is InChI=1S/C13H19N5O/c1-8-9(2)18-6-5-17(7-12(18)14-8)10(3)13-15-11(4)16-19-13/h10H,5-7H2,1-4H3/t10-/m1/s1. The highest BCUT2D eigenvalue weighted by molar-refractivity contribution is 5.15. The molecule has 3 rings (SSSR count). The van der Waals surface area contributed by atoms with Crippen molar-refractivity contribution in [3.63, 3.8) is 0 Å². The minimum absolute atomic E-state index is 0.132. The first kappa shape index (κ1) is 12.3. The molecular formula is C13H19N5O. The highest BCUT2D eigenvalue weighted by Gasteiger charge is 2.27. The summed E-state index contributed by atoms with van der Waals surface area (Å²) in [4.78, 5) is 11.3. The summed E-state index contributed by atoms with van der Waals surface area (Å²) >= 11 is 0. The molecule has 0 fully saturated rings. The smallest absolute Gasteiger partial charge is 0.243 e. The van der Waals surface area contributed by atoms with Gasteiger partial charge in [-0.3, -0.25) is 4.90 Å². The van der Waals surface area contributed by atoms with Crippen molar-refractivity contribution in [3.8, 4) is 0 Å². The van der Waals surface area contributed by atoms with Gasteiger partial charge in [0.2, 0.25) is 5.89 Å². The number of hydrogen-bond donors (Lipinski definition) is 0. The van der Waals surface area contributed by atoms with E-state index in [0.717, 1.165) is 31.2 Å². The molecular weight excluding hydrogens is 242 g/mol. The third-order valence-electron chi connectivity index (χ3n) is 3.94. The largest absolute Gasteiger partial charge is 0.338 e. The van der Waals surface area contributed by atoms with Crippen molar-refractivity contribution >= 4 is 0 Å². The van der Waals surface area contributed by atoms with Crippen LogP contribution in [-0.2, 0) is 13.1 Å². The van der Waals surface area contributed by atoms with E-state index in [4.69, 9.17) is 4.52 Å². The lowest BCUT2D eigenvalue weighted by Gasteiger charge is -2.31. The van der Waals surface area contributed by atoms with Crippen molar-refractivity contribution in [1.29, 1.82) is 0 Å². The predicted molar refractivity (Wildman–Crippen MR) is 69.6 cm³/mol. The van der Waals surface area contributed by atoms with Gasteiger partial charge in [0.05, 0.1) is 18.3 Å². The van der Waals surface area contributed by atoms with Crippen LogP contribution >= 0.6 is 0 Å². The van der Waals surface area contributed by atoms with Crippen LogP contribution in [-0.4, -0.2) is 31.1 Å². The third kappa shape index (κ3) is 2.06. The zero-order chi connectivity index (χ0) is 13.6. The molecule has 1 atom stereocenters. The van der Waals surface area contributed by atoms with Crippen LogP contribution in [0, 0.1) is 20.8 Å². The van der Waals surface area contributed by atoms with Gasteiger partial charge in [-0.15, -0.1) is 0 Å². The van der Waals surface area contributed by atoms with Gasteiger partial charge in [-0.25, -0.2) is 4.98 Å². The summed E-state index contributed by atoms with van der Waals surface area (Å²) in [5.41, 5.74) is 2.40. The van der Waals surface area contributed by atoms with E-state index in [1.165, 1.54) is 5.69 Å². The highest BCUT2D eigenvalue weighted by Crippen LogP contribution is 2.25. The van der Waals surface area contributed by atoms with E-state index in [9.17, 15) is 0 Å². The van der Waals surface area contributed by atoms with Gasteiger partial charge in [-0.05, 0) is 27.7 Å². The van der Waals surface area contributed by atoms with Gasteiger partial charge in [-0.2, -0.15) is 4.98 Å². The van der Waals surface area contributed by atoms with E-state index in [0.29, 0.717) is 11.7 Å². The molecule has 1 aliphatic rings. The summed E-state index contributed by atoms with van der Waals surface area (Å²) in [6.07, 6.45) is 0. The second-order valence-corrected chi connectivity index (χ2v) is 5.18. The van der Waals surface area contributed by atoms with Gasteiger partial charge >= 0.3 is 0 Å². The fourth-order valence-corrected chi connectivity index (χ4v) is 2.60. The van der Waals surface area contributed by atoms with Gasteiger partial charge in [0.15, 0.2) is 5.82 Å². The van der Waals surface area contributed by atoms with Crippen molar-refractivity contribution in [2.24, 2.45) is 0 Å². The van der Waals surface area contributed by atoms with Crippen LogP contribution in [0.1, 0.15) is 41.9 Å². The summed E-state index contributed by atoms with van der Waals surface area (Å²) < 4.78 is 7.57. The quantitative estimate of drug-likeness (QED) is 0.824. The number of fused-ring (bicyclic) bond motifs is 1. The molecule has 0 radical (unpaired) electrons. The lowest BCUT2D eigenvalue weighted by molar-refractivity contribution is 0.135. The second-order valence-electron chi connectivity index (χ2n) is 5.18. The van der Waals surface area contributed by atoms with Crippen molar-refractivity contribution in [1.82, 2.24) is 24.6 Å². The first-order valence-corrected chi connectivity index (χ1v) is 6.63. The third-order valence-corrected chi connectivity index (χ3v) is 3.94. The summed E-state index contributed by atoms with van der Waals surface area (Å²) in [6.45, 7) is 10.9. The maximum absolute atomic E-state index is 5.27. The summed E-state index contributed by atoms with van der Waals surface area (Å²) in [5, 5.41) is 3.86. The van der Waals surface area contributed by atoms with E-state index < -0.39 is 0 Å². The Morgan fingerprint density at radius 3 is 2.63 bits per heavy atom. The minimum atomic E-state index is 0.132. The van der Waals surface area contributed by atoms with Gasteiger partial charge < -0.3 is 9.09 Å². The fourth-order valence-electron chi connectivity index (χ4n) is 2.60. The number of rotatable bonds is 2. The summed E-state index contributed by atoms with van der Waals surface area (Å²) in [5.74, 6) is 2.50. The summed E-state index contributed by atoms with van der Waals surface area (Å²) in [6, 6.07) is 0.132. The lowest BCUT2D eigenvalue weighted by Crippen LogP contribution is -2.36. The molecule has 19 heavy (non-hydrogen) atoms. The van der Waals surface area contributed by atoms with E-state index >= 15 is 0 Å². The van der Waals surface area contributed by atoms with E-state index in [2.05, 4.69) is 45.4 Å². The molecule has 6 heteroatoms. The zero-order valence-corrected chi connectivity index (χ0v) is 11.8. The van der Waals surface area contributed by atoms with Crippen molar-refractivity contribution in [3.05, 3.63) is 28.9 Å². The van der Waals surface area contributed by atoms with Crippen molar-refractivity contribution < 1.29 is 4.52 Å². The number of nitrogens with zero attached hydrogens (tertiary/aromatic N) is 5. The number of hydrogen-bond acceptors (Lipinski definition) is 5. The second kappa shape index (κ2) is 4.45. The molecule has 0 saturated heterocycles. The van der Waals surface area contributed by atoms with Crippen LogP contribution in [0.2, 0.25) is 0 Å². The Kier molecular flexibility index (Phi) is 2.89. The van der Waals surface area contributed by atoms with Crippen LogP contribution in [0.4, 0.5) is 0 Å². The molecule has 2 aromatic rings. The molecule has 0 unspecified atom stereocenters. The van der Waals surface area contributed by atoms with Crippen molar-refractivity contribution in [2.75, 3.05) is 6.54 Å². The zero-order valence-electron chi connectivity index (χ0n) is 11.8. The molecule has 3 heterocycles. The first-order chi connectivity index (χ1) is 9.06. The molecule has 102 valence electrons. The van der Waals surface area contributed by atoms with Crippen LogP contribution in [0.5, 0.6) is 0 Å². The first-order valence-electron chi connectivity index (χ1n) is 6.63. The van der Waals surface area contributed by atoms with Crippen LogP contribution in [0.3, 0.4) is 0 Å². The van der Waals surface area contributed by atoms with E-state index in [1.807, 2.05) is 6.92 Å². The van der Waals surface area contributed by atoms with Crippen LogP contribution in [0.15, 0.2) is 4.52 Å². The number of imidazole rings is 1. The molecule has 0 saturated carbocycles. The monoisotopic (exact) mass is 261 g/mol. The Hall–Kier alpha value is -1.69. The van der Waals surface area contributed by atoms with Crippen LogP contribution < -0.4 is 0 Å². The predicted octanol–water partition coefficient (Wildman–Crippen LogP) is 1.77. The highest BCUT2D eigenvalue weighted by atomic mass is 16.5. The molecule has 6 nitrogen and oxygen atoms in total. The van der Waals surface area contributed by atoms with Gasteiger partial charge in [-0.1, -0.05) is 5.16 Å². The Balaban J connectivity index is 1.82. The Morgan fingerprint density at radius 1 is 1.16 bits per heavy atom. The maximum atomic E-state index is 5.27. The summed E-state index contributed by atoms with van der Waals surface area (Å²) in [7, 11) is 0. The number of aromatic nitrogens is 4. The molecule has 0 aromatic carbocycles. The number of aryl methyl sites for hydroxylation is 2. The fraction of sp³-hybridized carbons (Fsp3) is 0.615. The van der Waals surface area contributed by atoms with Gasteiger partial charge in [0.1, 0.15) is 5.82 Å². The Morgan fingerprint density at radius 2 is 1.95 bits per heavy atom. The Labute approximate surface area is 112 Å². The lowest BCUT2D eigenvalue weighted by atomic mass is 10.2. The SMILES string of the molecule is Cc1noc([C@@H](C)N2CCn3c(nc(C)c3C)C2)n1. The topological polar surface area (TPSA) is 60.0 Å². The molecule has 0 aliphatic carbocycles. The molecule has 0 spiro atoms. The normalized spacial score (nSPS) is 17.5. The molecule has 1 aliphatic heterocycles.